The topological polar surface area (TPSA) is 3.24 Å². The van der Waals surface area contributed by atoms with E-state index in [9.17, 15) is 4.39 Å². The van der Waals surface area contributed by atoms with Gasteiger partial charge in [0.05, 0.1) is 6.54 Å². The largest absolute Gasteiger partial charge is 0.315 e. The second kappa shape index (κ2) is 3.65. The van der Waals surface area contributed by atoms with Gasteiger partial charge in [0.25, 0.3) is 0 Å². The monoisotopic (exact) mass is 209 g/mol. The average molecular weight is 209 g/mol. The molecule has 0 radical (unpaired) electrons. The van der Waals surface area contributed by atoms with Gasteiger partial charge in [0.1, 0.15) is 5.82 Å². The molecular formula is C11H12FNS. The molecule has 1 aromatic carbocycles. The zero-order valence-electron chi connectivity index (χ0n) is 8.25. The summed E-state index contributed by atoms with van der Waals surface area (Å²) in [4.78, 5) is 1.07. The van der Waals surface area contributed by atoms with Gasteiger partial charge >= 0.3 is 0 Å². The van der Waals surface area contributed by atoms with Gasteiger partial charge in [-0.05, 0) is 37.4 Å². The summed E-state index contributed by atoms with van der Waals surface area (Å²) >= 11 is 1.61. The number of benzene rings is 1. The summed E-state index contributed by atoms with van der Waals surface area (Å²) in [6.45, 7) is 4.68. The molecule has 0 saturated carbocycles. The van der Waals surface area contributed by atoms with E-state index in [0.29, 0.717) is 0 Å². The van der Waals surface area contributed by atoms with Crippen LogP contribution in [0.5, 0.6) is 0 Å². The first-order valence-electron chi connectivity index (χ1n) is 4.58. The number of halogens is 1. The molecule has 74 valence electrons. The average Bonchev–Trinajstić information content (AvgIpc) is 2.56. The minimum Gasteiger partial charge on any atom is -0.315 e. The van der Waals surface area contributed by atoms with Crippen molar-refractivity contribution in [3.63, 3.8) is 0 Å². The fourth-order valence-electron chi connectivity index (χ4n) is 1.54. The highest BCUT2D eigenvalue weighted by Gasteiger charge is 2.20. The van der Waals surface area contributed by atoms with Crippen molar-refractivity contribution in [3.05, 3.63) is 41.4 Å². The van der Waals surface area contributed by atoms with E-state index in [-0.39, 0.29) is 5.82 Å². The van der Waals surface area contributed by atoms with Crippen LogP contribution in [0.4, 0.5) is 4.39 Å². The lowest BCUT2D eigenvalue weighted by atomic mass is 10.1. The van der Waals surface area contributed by atoms with Gasteiger partial charge in [-0.3, -0.25) is 0 Å². The first kappa shape index (κ1) is 9.59. The lowest BCUT2D eigenvalue weighted by Gasteiger charge is -2.08. The molecule has 0 spiro atoms. The number of hydrogen-bond acceptors (Lipinski definition) is 2. The van der Waals surface area contributed by atoms with Crippen LogP contribution in [0, 0.1) is 12.7 Å². The highest BCUT2D eigenvalue weighted by atomic mass is 32.2. The second-order valence-electron chi connectivity index (χ2n) is 3.31. The number of fused-ring (bicyclic) bond motifs is 1. The van der Waals surface area contributed by atoms with Crippen molar-refractivity contribution in [2.45, 2.75) is 25.3 Å². The van der Waals surface area contributed by atoms with Crippen molar-refractivity contribution in [3.8, 4) is 0 Å². The fourth-order valence-corrected chi connectivity index (χ4v) is 2.65. The molecule has 2 rings (SSSR count). The summed E-state index contributed by atoms with van der Waals surface area (Å²) in [6, 6.07) is 3.42. The Morgan fingerprint density at radius 1 is 1.50 bits per heavy atom. The van der Waals surface area contributed by atoms with Crippen molar-refractivity contribution >= 4 is 11.9 Å². The van der Waals surface area contributed by atoms with Gasteiger partial charge in [0.15, 0.2) is 0 Å². The van der Waals surface area contributed by atoms with Gasteiger partial charge < -0.3 is 4.31 Å². The first-order chi connectivity index (χ1) is 6.72. The predicted octanol–water partition coefficient (Wildman–Crippen LogP) is 3.49. The maximum absolute atomic E-state index is 13.2. The third-order valence-corrected chi connectivity index (χ3v) is 3.51. The summed E-state index contributed by atoms with van der Waals surface area (Å²) in [5.74, 6) is -0.112. The maximum Gasteiger partial charge on any atom is 0.127 e. The van der Waals surface area contributed by atoms with E-state index in [1.807, 2.05) is 32.2 Å². The van der Waals surface area contributed by atoms with Crippen LogP contribution < -0.4 is 0 Å². The highest BCUT2D eigenvalue weighted by Crippen LogP contribution is 2.39. The Bertz CT molecular complexity index is 387. The van der Waals surface area contributed by atoms with Gasteiger partial charge in [-0.25, -0.2) is 4.39 Å². The van der Waals surface area contributed by atoms with Gasteiger partial charge in [-0.15, -0.1) is 0 Å². The summed E-state index contributed by atoms with van der Waals surface area (Å²) in [6.07, 6.45) is 4.01. The SMILES string of the molecule is CC=CN1Cc2ccc(F)c(C)c2S1. The zero-order valence-corrected chi connectivity index (χ0v) is 9.07. The molecule has 0 saturated heterocycles. The summed E-state index contributed by atoms with van der Waals surface area (Å²) in [5.41, 5.74) is 1.98. The zero-order chi connectivity index (χ0) is 10.1. The molecule has 0 amide bonds. The normalized spacial score (nSPS) is 15.2. The molecule has 0 bridgehead atoms. The van der Waals surface area contributed by atoms with Gasteiger partial charge in [0, 0.05) is 16.7 Å². The van der Waals surface area contributed by atoms with Crippen LogP contribution in [0.2, 0.25) is 0 Å². The number of rotatable bonds is 1. The van der Waals surface area contributed by atoms with Crippen molar-refractivity contribution in [2.24, 2.45) is 0 Å². The van der Waals surface area contributed by atoms with Gasteiger partial charge in [0.2, 0.25) is 0 Å². The molecule has 0 aromatic heterocycles. The smallest absolute Gasteiger partial charge is 0.127 e. The number of hydrogen-bond donors (Lipinski definition) is 0. The van der Waals surface area contributed by atoms with Crippen LogP contribution in [0.15, 0.2) is 29.3 Å². The molecule has 0 atom stereocenters. The highest BCUT2D eigenvalue weighted by molar-refractivity contribution is 7.97. The molecular weight excluding hydrogens is 197 g/mol. The lowest BCUT2D eigenvalue weighted by Crippen LogP contribution is -1.98. The molecule has 1 nitrogen and oxygen atoms in total. The van der Waals surface area contributed by atoms with E-state index in [1.165, 1.54) is 5.56 Å². The van der Waals surface area contributed by atoms with Crippen LogP contribution in [0.25, 0.3) is 0 Å². The van der Waals surface area contributed by atoms with Crippen molar-refractivity contribution in [1.82, 2.24) is 4.31 Å². The molecule has 0 N–H and O–H groups in total. The van der Waals surface area contributed by atoms with Crippen LogP contribution in [0.3, 0.4) is 0 Å². The first-order valence-corrected chi connectivity index (χ1v) is 5.35. The summed E-state index contributed by atoms with van der Waals surface area (Å²) < 4.78 is 15.3. The third-order valence-electron chi connectivity index (χ3n) is 2.27. The Morgan fingerprint density at radius 3 is 3.00 bits per heavy atom. The summed E-state index contributed by atoms with van der Waals surface area (Å²) in [5, 5.41) is 0. The molecule has 0 fully saturated rings. The Balaban J connectivity index is 2.35. The van der Waals surface area contributed by atoms with Crippen molar-refractivity contribution in [1.29, 1.82) is 0 Å². The summed E-state index contributed by atoms with van der Waals surface area (Å²) in [7, 11) is 0. The Labute approximate surface area is 87.7 Å². The van der Waals surface area contributed by atoms with Gasteiger partial charge in [-0.1, -0.05) is 12.1 Å². The van der Waals surface area contributed by atoms with Crippen LogP contribution >= 0.6 is 11.9 Å². The second-order valence-corrected chi connectivity index (χ2v) is 4.37. The molecule has 1 aliphatic rings. The number of allylic oxidation sites excluding steroid dienone is 1. The molecule has 1 heterocycles. The standard InChI is InChI=1S/C11H12FNS/c1-3-6-13-7-9-4-5-10(12)8(2)11(9)14-13/h3-6H,7H2,1-2H3. The number of nitrogens with zero attached hydrogens (tertiary/aromatic N) is 1. The van der Waals surface area contributed by atoms with E-state index in [2.05, 4.69) is 4.31 Å². The van der Waals surface area contributed by atoms with E-state index >= 15 is 0 Å². The minimum absolute atomic E-state index is 0.112. The Hall–Kier alpha value is -0.960. The van der Waals surface area contributed by atoms with Crippen LogP contribution in [-0.4, -0.2) is 4.31 Å². The van der Waals surface area contributed by atoms with Gasteiger partial charge in [-0.2, -0.15) is 0 Å². The van der Waals surface area contributed by atoms with Crippen molar-refractivity contribution < 1.29 is 4.39 Å². The van der Waals surface area contributed by atoms with E-state index in [1.54, 1.807) is 18.0 Å². The molecule has 0 aliphatic carbocycles. The Morgan fingerprint density at radius 2 is 2.29 bits per heavy atom. The molecule has 3 heteroatoms. The maximum atomic E-state index is 13.2. The lowest BCUT2D eigenvalue weighted by molar-refractivity contribution is 0.608. The van der Waals surface area contributed by atoms with Crippen LogP contribution in [0.1, 0.15) is 18.1 Å². The molecule has 1 aromatic rings. The fraction of sp³-hybridized carbons (Fsp3) is 0.273. The molecule has 14 heavy (non-hydrogen) atoms. The van der Waals surface area contributed by atoms with Crippen LogP contribution in [-0.2, 0) is 6.54 Å². The Kier molecular flexibility index (Phi) is 2.50. The minimum atomic E-state index is -0.112. The molecule has 1 aliphatic heterocycles. The quantitative estimate of drug-likeness (QED) is 0.651. The third kappa shape index (κ3) is 1.52. The predicted molar refractivity (Wildman–Crippen MR) is 57.4 cm³/mol. The van der Waals surface area contributed by atoms with Crippen molar-refractivity contribution in [2.75, 3.05) is 0 Å². The molecule has 0 unspecified atom stereocenters. The van der Waals surface area contributed by atoms with E-state index < -0.39 is 0 Å². The van der Waals surface area contributed by atoms with E-state index in [4.69, 9.17) is 0 Å². The van der Waals surface area contributed by atoms with E-state index in [0.717, 1.165) is 17.0 Å².